The van der Waals surface area contributed by atoms with E-state index in [4.69, 9.17) is 27.9 Å². The summed E-state index contributed by atoms with van der Waals surface area (Å²) in [7, 11) is 0. The number of aromatic nitrogens is 1. The highest BCUT2D eigenvalue weighted by atomic mass is 35.5. The van der Waals surface area contributed by atoms with E-state index < -0.39 is 0 Å². The van der Waals surface area contributed by atoms with Gasteiger partial charge in [0.2, 0.25) is 0 Å². The summed E-state index contributed by atoms with van der Waals surface area (Å²) in [5.41, 5.74) is 1.01. The molecular weight excluding hydrogens is 323 g/mol. The molecule has 0 fully saturated rings. The number of halogens is 2. The number of pyridine rings is 1. The Bertz CT molecular complexity index is 621. The molecule has 0 saturated carbocycles. The second kappa shape index (κ2) is 8.61. The maximum absolute atomic E-state index is 11.7. The average molecular weight is 339 g/mol. The number of hydrogen-bond donors (Lipinski definition) is 1. The number of nitrogens with one attached hydrogen (secondary N) is 1. The van der Waals surface area contributed by atoms with Crippen molar-refractivity contribution in [2.45, 2.75) is 12.8 Å². The molecule has 0 aliphatic carbocycles. The van der Waals surface area contributed by atoms with Gasteiger partial charge in [-0.15, -0.1) is 0 Å². The highest BCUT2D eigenvalue weighted by molar-refractivity contribution is 6.35. The third kappa shape index (κ3) is 5.54. The number of carbonyl (C=O) groups is 1. The normalized spacial score (nSPS) is 10.3. The number of amides is 1. The van der Waals surface area contributed by atoms with E-state index in [1.54, 1.807) is 24.4 Å². The molecule has 0 spiro atoms. The van der Waals surface area contributed by atoms with Gasteiger partial charge in [-0.25, -0.2) is 0 Å². The Morgan fingerprint density at radius 3 is 2.82 bits per heavy atom. The van der Waals surface area contributed by atoms with Gasteiger partial charge in [0.1, 0.15) is 5.75 Å². The fourth-order valence-corrected chi connectivity index (χ4v) is 2.29. The van der Waals surface area contributed by atoms with Gasteiger partial charge in [0, 0.05) is 23.5 Å². The molecule has 1 aromatic carbocycles. The number of hydrogen-bond acceptors (Lipinski definition) is 3. The van der Waals surface area contributed by atoms with E-state index in [-0.39, 0.29) is 12.5 Å². The first kappa shape index (κ1) is 16.6. The van der Waals surface area contributed by atoms with E-state index in [2.05, 4.69) is 10.3 Å². The van der Waals surface area contributed by atoms with Gasteiger partial charge in [0.05, 0.1) is 5.02 Å². The lowest BCUT2D eigenvalue weighted by Gasteiger charge is -2.09. The number of ether oxygens (including phenoxy) is 1. The molecule has 0 aliphatic heterocycles. The maximum atomic E-state index is 11.7. The molecule has 116 valence electrons. The van der Waals surface area contributed by atoms with Crippen LogP contribution in [0, 0.1) is 0 Å². The van der Waals surface area contributed by atoms with Crippen molar-refractivity contribution in [2.75, 3.05) is 13.2 Å². The van der Waals surface area contributed by atoms with E-state index in [9.17, 15) is 4.79 Å². The average Bonchev–Trinajstić information content (AvgIpc) is 2.52. The predicted octanol–water partition coefficient (Wildman–Crippen LogP) is 3.52. The highest BCUT2D eigenvalue weighted by Gasteiger charge is 2.06. The van der Waals surface area contributed by atoms with Crippen molar-refractivity contribution in [1.82, 2.24) is 10.3 Å². The van der Waals surface area contributed by atoms with Gasteiger partial charge in [-0.2, -0.15) is 0 Å². The predicted molar refractivity (Wildman–Crippen MR) is 87.5 cm³/mol. The van der Waals surface area contributed by atoms with Gasteiger partial charge in [-0.3, -0.25) is 9.78 Å². The number of rotatable bonds is 7. The molecule has 2 rings (SSSR count). The van der Waals surface area contributed by atoms with Gasteiger partial charge in [0.25, 0.3) is 5.91 Å². The number of carbonyl (C=O) groups excluding carboxylic acids is 1. The van der Waals surface area contributed by atoms with E-state index in [1.165, 1.54) is 0 Å². The Kier molecular flexibility index (Phi) is 6.49. The summed E-state index contributed by atoms with van der Waals surface area (Å²) in [5, 5.41) is 3.70. The van der Waals surface area contributed by atoms with Crippen LogP contribution in [-0.4, -0.2) is 24.0 Å². The summed E-state index contributed by atoms with van der Waals surface area (Å²) in [6, 6.07) is 10.7. The molecular formula is C16H16Cl2N2O2. The zero-order valence-electron chi connectivity index (χ0n) is 11.9. The fourth-order valence-electron chi connectivity index (χ4n) is 1.83. The van der Waals surface area contributed by atoms with Crippen molar-refractivity contribution in [3.8, 4) is 5.75 Å². The van der Waals surface area contributed by atoms with Crippen LogP contribution in [0.3, 0.4) is 0 Å². The molecule has 0 aliphatic rings. The molecule has 22 heavy (non-hydrogen) atoms. The van der Waals surface area contributed by atoms with Crippen molar-refractivity contribution in [3.63, 3.8) is 0 Å². The topological polar surface area (TPSA) is 51.2 Å². The van der Waals surface area contributed by atoms with Crippen LogP contribution >= 0.6 is 23.2 Å². The van der Waals surface area contributed by atoms with Gasteiger partial charge in [0.15, 0.2) is 6.61 Å². The fraction of sp³-hybridized carbons (Fsp3) is 0.250. The van der Waals surface area contributed by atoms with E-state index in [1.807, 2.05) is 18.2 Å². The molecule has 6 heteroatoms. The van der Waals surface area contributed by atoms with Crippen molar-refractivity contribution < 1.29 is 9.53 Å². The molecule has 0 saturated heterocycles. The molecule has 0 atom stereocenters. The Hall–Kier alpha value is -1.78. The Morgan fingerprint density at radius 2 is 2.09 bits per heavy atom. The minimum Gasteiger partial charge on any atom is -0.482 e. The number of benzene rings is 1. The zero-order chi connectivity index (χ0) is 15.8. The molecule has 0 radical (unpaired) electrons. The Labute approximate surface area is 139 Å². The summed E-state index contributed by atoms with van der Waals surface area (Å²) in [6.07, 6.45) is 3.41. The lowest BCUT2D eigenvalue weighted by molar-refractivity contribution is -0.123. The van der Waals surface area contributed by atoms with Gasteiger partial charge >= 0.3 is 0 Å². The van der Waals surface area contributed by atoms with Crippen molar-refractivity contribution >= 4 is 29.1 Å². The van der Waals surface area contributed by atoms with Crippen LogP contribution < -0.4 is 10.1 Å². The third-order valence-electron chi connectivity index (χ3n) is 2.91. The quantitative estimate of drug-likeness (QED) is 0.786. The molecule has 1 aromatic heterocycles. The van der Waals surface area contributed by atoms with E-state index in [0.717, 1.165) is 18.5 Å². The lowest BCUT2D eigenvalue weighted by atomic mass is 10.2. The number of nitrogens with zero attached hydrogens (tertiary/aromatic N) is 1. The molecule has 1 amide bonds. The van der Waals surface area contributed by atoms with Crippen LogP contribution in [0.5, 0.6) is 5.75 Å². The molecule has 2 aromatic rings. The van der Waals surface area contributed by atoms with Gasteiger partial charge in [-0.1, -0.05) is 29.3 Å². The van der Waals surface area contributed by atoms with Crippen LogP contribution in [0.15, 0.2) is 42.6 Å². The summed E-state index contributed by atoms with van der Waals surface area (Å²) < 4.78 is 5.35. The number of aryl methyl sites for hydroxylation is 1. The molecule has 0 bridgehead atoms. The zero-order valence-corrected chi connectivity index (χ0v) is 13.4. The molecule has 4 nitrogen and oxygen atoms in total. The van der Waals surface area contributed by atoms with Crippen LogP contribution in [0.25, 0.3) is 0 Å². The minimum atomic E-state index is -0.188. The monoisotopic (exact) mass is 338 g/mol. The molecule has 1 heterocycles. The first-order chi connectivity index (χ1) is 10.6. The van der Waals surface area contributed by atoms with E-state index in [0.29, 0.717) is 22.3 Å². The second-order valence-corrected chi connectivity index (χ2v) is 5.48. The first-order valence-electron chi connectivity index (χ1n) is 6.89. The van der Waals surface area contributed by atoms with Crippen LogP contribution in [0.2, 0.25) is 10.0 Å². The minimum absolute atomic E-state index is 0.0784. The summed E-state index contributed by atoms with van der Waals surface area (Å²) in [4.78, 5) is 15.9. The van der Waals surface area contributed by atoms with Crippen molar-refractivity contribution in [2.24, 2.45) is 0 Å². The Balaban J connectivity index is 1.65. The largest absolute Gasteiger partial charge is 0.482 e. The summed E-state index contributed by atoms with van der Waals surface area (Å²) >= 11 is 11.7. The summed E-state index contributed by atoms with van der Waals surface area (Å²) in [6.45, 7) is 0.498. The van der Waals surface area contributed by atoms with Gasteiger partial charge < -0.3 is 10.1 Å². The SMILES string of the molecule is O=C(COc1ccc(Cl)cc1Cl)NCCCc1ccccn1. The highest BCUT2D eigenvalue weighted by Crippen LogP contribution is 2.27. The Morgan fingerprint density at radius 1 is 1.23 bits per heavy atom. The van der Waals surface area contributed by atoms with Gasteiger partial charge in [-0.05, 0) is 43.2 Å². The van der Waals surface area contributed by atoms with Crippen molar-refractivity contribution in [1.29, 1.82) is 0 Å². The van der Waals surface area contributed by atoms with Crippen LogP contribution in [-0.2, 0) is 11.2 Å². The molecule has 1 N–H and O–H groups in total. The first-order valence-corrected chi connectivity index (χ1v) is 7.65. The smallest absolute Gasteiger partial charge is 0.257 e. The molecule has 0 unspecified atom stereocenters. The second-order valence-electron chi connectivity index (χ2n) is 4.64. The third-order valence-corrected chi connectivity index (χ3v) is 3.44. The summed E-state index contributed by atoms with van der Waals surface area (Å²) in [5.74, 6) is 0.252. The van der Waals surface area contributed by atoms with Crippen molar-refractivity contribution in [3.05, 3.63) is 58.3 Å². The van der Waals surface area contributed by atoms with E-state index >= 15 is 0 Å². The standard InChI is InChI=1S/C16H16Cl2N2O2/c17-12-6-7-15(14(18)10-12)22-11-16(21)20-9-3-5-13-4-1-2-8-19-13/h1-2,4,6-8,10H,3,5,9,11H2,(H,20,21). The van der Waals surface area contributed by atoms with Crippen LogP contribution in [0.4, 0.5) is 0 Å². The maximum Gasteiger partial charge on any atom is 0.257 e. The van der Waals surface area contributed by atoms with Crippen LogP contribution in [0.1, 0.15) is 12.1 Å². The lowest BCUT2D eigenvalue weighted by Crippen LogP contribution is -2.30.